The van der Waals surface area contributed by atoms with E-state index in [1.54, 1.807) is 24.3 Å². The molecule has 0 unspecified atom stereocenters. The van der Waals surface area contributed by atoms with Crippen molar-refractivity contribution in [3.05, 3.63) is 72.8 Å². The first-order valence-corrected chi connectivity index (χ1v) is 10.0. The number of benzene rings is 3. The molecule has 2 N–H and O–H groups in total. The number of para-hydroxylation sites is 4. The van der Waals surface area contributed by atoms with Crippen molar-refractivity contribution in [2.75, 3.05) is 4.90 Å². The van der Waals surface area contributed by atoms with Gasteiger partial charge in [-0.05, 0) is 69.6 Å². The highest BCUT2D eigenvalue weighted by molar-refractivity contribution is 6.62. The summed E-state index contributed by atoms with van der Waals surface area (Å²) >= 11 is 0. The molecule has 1 aliphatic rings. The van der Waals surface area contributed by atoms with Gasteiger partial charge in [0.15, 0.2) is 0 Å². The Bertz CT molecular complexity index is 988. The Labute approximate surface area is 177 Å². The van der Waals surface area contributed by atoms with Crippen LogP contribution < -0.4 is 10.4 Å². The Balaban J connectivity index is 1.73. The molecule has 4 rings (SSSR count). The fraction of sp³-hybridized carbons (Fsp3) is 0.250. The van der Waals surface area contributed by atoms with E-state index in [4.69, 9.17) is 9.31 Å². The number of phenols is 2. The quantitative estimate of drug-likeness (QED) is 0.609. The number of anilines is 3. The normalized spacial score (nSPS) is 17.1. The molecule has 154 valence electrons. The van der Waals surface area contributed by atoms with Crippen LogP contribution in [-0.2, 0) is 9.31 Å². The lowest BCUT2D eigenvalue weighted by molar-refractivity contribution is 0.00578. The van der Waals surface area contributed by atoms with Crippen molar-refractivity contribution in [1.82, 2.24) is 0 Å². The van der Waals surface area contributed by atoms with Crippen molar-refractivity contribution < 1.29 is 19.5 Å². The maximum atomic E-state index is 10.5. The lowest BCUT2D eigenvalue weighted by Crippen LogP contribution is -2.41. The van der Waals surface area contributed by atoms with Gasteiger partial charge in [-0.3, -0.25) is 0 Å². The van der Waals surface area contributed by atoms with E-state index < -0.39 is 18.3 Å². The summed E-state index contributed by atoms with van der Waals surface area (Å²) < 4.78 is 12.3. The molecule has 1 fully saturated rings. The number of hydrogen-bond donors (Lipinski definition) is 2. The van der Waals surface area contributed by atoms with Gasteiger partial charge in [-0.15, -0.1) is 0 Å². The maximum absolute atomic E-state index is 10.5. The van der Waals surface area contributed by atoms with Gasteiger partial charge in [0.05, 0.1) is 22.6 Å². The van der Waals surface area contributed by atoms with Crippen LogP contribution in [0.15, 0.2) is 72.8 Å². The largest absolute Gasteiger partial charge is 0.506 e. The number of hydrogen-bond acceptors (Lipinski definition) is 5. The van der Waals surface area contributed by atoms with Crippen LogP contribution in [0.4, 0.5) is 17.1 Å². The first-order valence-electron chi connectivity index (χ1n) is 10.0. The fourth-order valence-electron chi connectivity index (χ4n) is 3.47. The van der Waals surface area contributed by atoms with Gasteiger partial charge in [0, 0.05) is 5.69 Å². The minimum Gasteiger partial charge on any atom is -0.506 e. The summed E-state index contributed by atoms with van der Waals surface area (Å²) in [5.74, 6) is 0.242. The molecule has 6 heteroatoms. The topological polar surface area (TPSA) is 62.2 Å². The molecular formula is C24H26BNO4. The van der Waals surface area contributed by atoms with E-state index in [9.17, 15) is 10.2 Å². The molecule has 3 aromatic rings. The van der Waals surface area contributed by atoms with Crippen LogP contribution in [0, 0.1) is 0 Å². The van der Waals surface area contributed by atoms with Crippen molar-refractivity contribution in [3.63, 3.8) is 0 Å². The summed E-state index contributed by atoms with van der Waals surface area (Å²) in [6.45, 7) is 8.11. The van der Waals surface area contributed by atoms with Crippen LogP contribution in [0.1, 0.15) is 27.7 Å². The van der Waals surface area contributed by atoms with E-state index in [1.807, 2.05) is 81.1 Å². The highest BCUT2D eigenvalue weighted by atomic mass is 16.7. The van der Waals surface area contributed by atoms with E-state index in [-0.39, 0.29) is 11.5 Å². The molecule has 0 radical (unpaired) electrons. The van der Waals surface area contributed by atoms with Gasteiger partial charge in [0.2, 0.25) is 0 Å². The molecule has 0 aliphatic carbocycles. The molecule has 3 aromatic carbocycles. The highest BCUT2D eigenvalue weighted by Crippen LogP contribution is 2.43. The van der Waals surface area contributed by atoms with E-state index in [1.165, 1.54) is 0 Å². The van der Waals surface area contributed by atoms with Gasteiger partial charge in [-0.25, -0.2) is 0 Å². The Morgan fingerprint density at radius 2 is 1.10 bits per heavy atom. The minimum atomic E-state index is -0.451. The maximum Gasteiger partial charge on any atom is 0.494 e. The van der Waals surface area contributed by atoms with Crippen LogP contribution in [0.3, 0.4) is 0 Å². The van der Waals surface area contributed by atoms with Crippen LogP contribution in [0.2, 0.25) is 0 Å². The molecule has 1 heterocycles. The first-order chi connectivity index (χ1) is 14.2. The van der Waals surface area contributed by atoms with Crippen molar-refractivity contribution in [1.29, 1.82) is 0 Å². The summed E-state index contributed by atoms with van der Waals surface area (Å²) in [4.78, 5) is 1.82. The van der Waals surface area contributed by atoms with E-state index in [0.717, 1.165) is 11.2 Å². The minimum absolute atomic E-state index is 0.121. The number of phenolic OH excluding ortho intramolecular Hbond substituents is 2. The summed E-state index contributed by atoms with van der Waals surface area (Å²) in [6.07, 6.45) is 0. The molecule has 5 nitrogen and oxygen atoms in total. The molecule has 0 amide bonds. The zero-order valence-electron chi connectivity index (χ0n) is 17.7. The Morgan fingerprint density at radius 3 is 1.53 bits per heavy atom. The zero-order valence-corrected chi connectivity index (χ0v) is 17.7. The predicted octanol–water partition coefficient (Wildman–Crippen LogP) is 4.87. The fourth-order valence-corrected chi connectivity index (χ4v) is 3.47. The first kappa shape index (κ1) is 20.3. The van der Waals surface area contributed by atoms with Crippen LogP contribution in [0.5, 0.6) is 11.5 Å². The third-order valence-corrected chi connectivity index (χ3v) is 5.92. The SMILES string of the molecule is CC1(C)OB(c2ccc(N(c3ccccc3O)c3ccccc3O)cc2)OC1(C)C. The molecular weight excluding hydrogens is 377 g/mol. The zero-order chi connectivity index (χ0) is 21.5. The molecule has 0 bridgehead atoms. The van der Waals surface area contributed by atoms with Crippen molar-refractivity contribution in [2.45, 2.75) is 38.9 Å². The number of aromatic hydroxyl groups is 2. The van der Waals surface area contributed by atoms with E-state index in [0.29, 0.717) is 11.4 Å². The van der Waals surface area contributed by atoms with Crippen LogP contribution in [0.25, 0.3) is 0 Å². The average Bonchev–Trinajstić information content (AvgIpc) is 2.93. The van der Waals surface area contributed by atoms with Crippen LogP contribution in [-0.4, -0.2) is 28.5 Å². The molecule has 0 aromatic heterocycles. The van der Waals surface area contributed by atoms with Gasteiger partial charge in [0.25, 0.3) is 0 Å². The third-order valence-electron chi connectivity index (χ3n) is 5.92. The second kappa shape index (κ2) is 7.38. The third kappa shape index (κ3) is 3.53. The van der Waals surface area contributed by atoms with E-state index >= 15 is 0 Å². The molecule has 0 saturated carbocycles. The standard InChI is InChI=1S/C24H26BNO4/c1-23(2)24(3,4)30-25(29-23)17-13-15-18(16-14-17)26(19-9-5-7-11-21(19)27)20-10-6-8-12-22(20)28/h5-16,27-28H,1-4H3. The predicted molar refractivity (Wildman–Crippen MR) is 120 cm³/mol. The second-order valence-corrected chi connectivity index (χ2v) is 8.49. The van der Waals surface area contributed by atoms with E-state index in [2.05, 4.69) is 0 Å². The number of rotatable bonds is 4. The lowest BCUT2D eigenvalue weighted by Gasteiger charge is -2.32. The van der Waals surface area contributed by atoms with Crippen molar-refractivity contribution in [3.8, 4) is 11.5 Å². The average molecular weight is 403 g/mol. The highest BCUT2D eigenvalue weighted by Gasteiger charge is 2.51. The van der Waals surface area contributed by atoms with Gasteiger partial charge < -0.3 is 24.4 Å². The Morgan fingerprint density at radius 1 is 0.667 bits per heavy atom. The molecule has 1 saturated heterocycles. The summed E-state index contributed by atoms with van der Waals surface area (Å²) in [7, 11) is -0.451. The van der Waals surface area contributed by atoms with Crippen molar-refractivity contribution in [2.24, 2.45) is 0 Å². The summed E-state index contributed by atoms with van der Waals surface area (Å²) in [6, 6.07) is 21.9. The van der Waals surface area contributed by atoms with Gasteiger partial charge in [-0.2, -0.15) is 0 Å². The van der Waals surface area contributed by atoms with Gasteiger partial charge >= 0.3 is 7.12 Å². The lowest BCUT2D eigenvalue weighted by atomic mass is 9.79. The molecule has 0 spiro atoms. The Hall–Kier alpha value is -2.96. The monoisotopic (exact) mass is 403 g/mol. The molecule has 0 atom stereocenters. The number of nitrogens with zero attached hydrogens (tertiary/aromatic N) is 1. The summed E-state index contributed by atoms with van der Waals surface area (Å²) in [5, 5.41) is 20.9. The smallest absolute Gasteiger partial charge is 0.494 e. The van der Waals surface area contributed by atoms with Gasteiger partial charge in [-0.1, -0.05) is 36.4 Å². The van der Waals surface area contributed by atoms with Crippen molar-refractivity contribution >= 4 is 29.6 Å². The molecule has 30 heavy (non-hydrogen) atoms. The van der Waals surface area contributed by atoms with Crippen LogP contribution >= 0.6 is 0 Å². The summed E-state index contributed by atoms with van der Waals surface area (Å²) in [5.41, 5.74) is 2.03. The molecule has 1 aliphatic heterocycles. The Kier molecular flexibility index (Phi) is 5.00. The van der Waals surface area contributed by atoms with Gasteiger partial charge in [0.1, 0.15) is 11.5 Å². The second-order valence-electron chi connectivity index (χ2n) is 8.49.